The van der Waals surface area contributed by atoms with Crippen molar-refractivity contribution in [2.75, 3.05) is 13.1 Å². The number of rotatable bonds is 3. The number of carbonyl (C=O) groups is 1. The molecule has 0 spiro atoms. The van der Waals surface area contributed by atoms with Crippen molar-refractivity contribution in [3.05, 3.63) is 29.0 Å². The van der Waals surface area contributed by atoms with Gasteiger partial charge in [0.25, 0.3) is 5.91 Å². The lowest BCUT2D eigenvalue weighted by Gasteiger charge is -2.16. The van der Waals surface area contributed by atoms with Crippen LogP contribution in [0.25, 0.3) is 0 Å². The van der Waals surface area contributed by atoms with E-state index in [1.54, 1.807) is 12.1 Å². The van der Waals surface area contributed by atoms with E-state index >= 15 is 0 Å². The standard InChI is InChI=1S/C10H10ClN3O/c1-2-14(6-5-12)10(15)9-4-3-8(11)7-13-9/h3-4,7H,2,6H2,1H3. The highest BCUT2D eigenvalue weighted by Crippen LogP contribution is 2.08. The maximum atomic E-state index is 11.7. The van der Waals surface area contributed by atoms with Crippen LogP contribution < -0.4 is 0 Å². The van der Waals surface area contributed by atoms with Gasteiger partial charge in [-0.15, -0.1) is 0 Å². The monoisotopic (exact) mass is 223 g/mol. The number of halogens is 1. The molecule has 0 saturated heterocycles. The molecule has 0 atom stereocenters. The van der Waals surface area contributed by atoms with Gasteiger partial charge in [0, 0.05) is 12.7 Å². The van der Waals surface area contributed by atoms with Crippen LogP contribution in [0.15, 0.2) is 18.3 Å². The largest absolute Gasteiger partial charge is 0.324 e. The number of nitrogens with zero attached hydrogens (tertiary/aromatic N) is 3. The van der Waals surface area contributed by atoms with E-state index in [2.05, 4.69) is 4.98 Å². The first-order valence-electron chi connectivity index (χ1n) is 4.46. The molecule has 0 fully saturated rings. The highest BCUT2D eigenvalue weighted by atomic mass is 35.5. The van der Waals surface area contributed by atoms with Gasteiger partial charge in [-0.1, -0.05) is 11.6 Å². The van der Waals surface area contributed by atoms with Gasteiger partial charge in [-0.25, -0.2) is 4.98 Å². The van der Waals surface area contributed by atoms with Crippen LogP contribution in [0, 0.1) is 11.3 Å². The number of nitriles is 1. The van der Waals surface area contributed by atoms with E-state index in [9.17, 15) is 4.79 Å². The zero-order chi connectivity index (χ0) is 11.3. The summed E-state index contributed by atoms with van der Waals surface area (Å²) in [5.41, 5.74) is 0.302. The highest BCUT2D eigenvalue weighted by Gasteiger charge is 2.14. The lowest BCUT2D eigenvalue weighted by molar-refractivity contribution is 0.0778. The second-order valence-electron chi connectivity index (χ2n) is 2.84. The minimum Gasteiger partial charge on any atom is -0.324 e. The summed E-state index contributed by atoms with van der Waals surface area (Å²) in [5, 5.41) is 9.00. The Morgan fingerprint density at radius 3 is 2.87 bits per heavy atom. The van der Waals surface area contributed by atoms with Gasteiger partial charge < -0.3 is 4.90 Å². The van der Waals surface area contributed by atoms with Crippen molar-refractivity contribution in [1.82, 2.24) is 9.88 Å². The fourth-order valence-electron chi connectivity index (χ4n) is 1.08. The van der Waals surface area contributed by atoms with Crippen molar-refractivity contribution in [2.45, 2.75) is 6.92 Å². The molecule has 15 heavy (non-hydrogen) atoms. The van der Waals surface area contributed by atoms with E-state index in [0.29, 0.717) is 17.3 Å². The van der Waals surface area contributed by atoms with E-state index in [1.165, 1.54) is 11.1 Å². The third-order valence-corrected chi connectivity index (χ3v) is 2.10. The first-order valence-corrected chi connectivity index (χ1v) is 4.84. The highest BCUT2D eigenvalue weighted by molar-refractivity contribution is 6.30. The molecular formula is C10H10ClN3O. The van der Waals surface area contributed by atoms with Gasteiger partial charge in [0.1, 0.15) is 12.2 Å². The number of aromatic nitrogens is 1. The van der Waals surface area contributed by atoms with Crippen LogP contribution >= 0.6 is 11.6 Å². The molecule has 0 aliphatic heterocycles. The second kappa shape index (κ2) is 5.32. The molecule has 78 valence electrons. The number of pyridine rings is 1. The molecule has 4 nitrogen and oxygen atoms in total. The lowest BCUT2D eigenvalue weighted by atomic mass is 10.3. The van der Waals surface area contributed by atoms with E-state index in [0.717, 1.165) is 0 Å². The van der Waals surface area contributed by atoms with Gasteiger partial charge in [0.15, 0.2) is 0 Å². The van der Waals surface area contributed by atoms with Crippen molar-refractivity contribution in [2.24, 2.45) is 0 Å². The second-order valence-corrected chi connectivity index (χ2v) is 3.28. The molecule has 0 radical (unpaired) electrons. The van der Waals surface area contributed by atoms with Gasteiger partial charge in [-0.3, -0.25) is 4.79 Å². The normalized spacial score (nSPS) is 9.40. The summed E-state index contributed by atoms with van der Waals surface area (Å²) >= 11 is 5.65. The molecule has 5 heteroatoms. The lowest BCUT2D eigenvalue weighted by Crippen LogP contribution is -2.31. The zero-order valence-electron chi connectivity index (χ0n) is 8.27. The number of hydrogen-bond acceptors (Lipinski definition) is 3. The summed E-state index contributed by atoms with van der Waals surface area (Å²) < 4.78 is 0. The Morgan fingerprint density at radius 1 is 1.67 bits per heavy atom. The van der Waals surface area contributed by atoms with Crippen molar-refractivity contribution in [3.8, 4) is 6.07 Å². The SMILES string of the molecule is CCN(CC#N)C(=O)c1ccc(Cl)cn1. The summed E-state index contributed by atoms with van der Waals surface area (Å²) in [6, 6.07) is 5.08. The van der Waals surface area contributed by atoms with E-state index in [-0.39, 0.29) is 12.5 Å². The van der Waals surface area contributed by atoms with Gasteiger partial charge in [-0.2, -0.15) is 5.26 Å². The molecule has 1 aromatic heterocycles. The topological polar surface area (TPSA) is 57.0 Å². The summed E-state index contributed by atoms with van der Waals surface area (Å²) in [7, 11) is 0. The number of carbonyl (C=O) groups excluding carboxylic acids is 1. The molecule has 0 saturated carbocycles. The van der Waals surface area contributed by atoms with E-state index < -0.39 is 0 Å². The Kier molecular flexibility index (Phi) is 4.07. The fourth-order valence-corrected chi connectivity index (χ4v) is 1.19. The van der Waals surface area contributed by atoms with Crippen LogP contribution in [0.3, 0.4) is 0 Å². The van der Waals surface area contributed by atoms with Crippen molar-refractivity contribution in [1.29, 1.82) is 5.26 Å². The third kappa shape index (κ3) is 2.93. The zero-order valence-corrected chi connectivity index (χ0v) is 9.03. The van der Waals surface area contributed by atoms with E-state index in [4.69, 9.17) is 16.9 Å². The van der Waals surface area contributed by atoms with Gasteiger partial charge in [-0.05, 0) is 19.1 Å². The third-order valence-electron chi connectivity index (χ3n) is 1.88. The molecule has 1 amide bonds. The van der Waals surface area contributed by atoms with Gasteiger partial charge in [0.2, 0.25) is 0 Å². The summed E-state index contributed by atoms with van der Waals surface area (Å²) in [6.45, 7) is 2.36. The van der Waals surface area contributed by atoms with Crippen LogP contribution in [0.2, 0.25) is 5.02 Å². The van der Waals surface area contributed by atoms with Crippen LogP contribution in [-0.4, -0.2) is 28.9 Å². The Labute approximate surface area is 93.1 Å². The minimum atomic E-state index is -0.254. The molecule has 0 aromatic carbocycles. The maximum absolute atomic E-state index is 11.7. The molecular weight excluding hydrogens is 214 g/mol. The van der Waals surface area contributed by atoms with Crippen LogP contribution in [0.5, 0.6) is 0 Å². The molecule has 0 N–H and O–H groups in total. The molecule has 0 unspecified atom stereocenters. The molecule has 0 aliphatic carbocycles. The number of amides is 1. The molecule has 0 aliphatic rings. The van der Waals surface area contributed by atoms with Crippen molar-refractivity contribution < 1.29 is 4.79 Å². The maximum Gasteiger partial charge on any atom is 0.273 e. The average Bonchev–Trinajstić information content (AvgIpc) is 2.26. The molecule has 0 bridgehead atoms. The summed E-state index contributed by atoms with van der Waals surface area (Å²) in [5.74, 6) is -0.254. The van der Waals surface area contributed by atoms with Crippen molar-refractivity contribution >= 4 is 17.5 Å². The molecule has 1 rings (SSSR count). The number of hydrogen-bond donors (Lipinski definition) is 0. The predicted molar refractivity (Wildman–Crippen MR) is 56.4 cm³/mol. The Bertz CT molecular complexity index is 383. The van der Waals surface area contributed by atoms with Gasteiger partial charge in [0.05, 0.1) is 11.1 Å². The summed E-state index contributed by atoms with van der Waals surface area (Å²) in [6.07, 6.45) is 1.41. The first-order chi connectivity index (χ1) is 7.19. The first kappa shape index (κ1) is 11.5. The van der Waals surface area contributed by atoms with Crippen molar-refractivity contribution in [3.63, 3.8) is 0 Å². The Morgan fingerprint density at radius 2 is 2.40 bits per heavy atom. The van der Waals surface area contributed by atoms with Crippen LogP contribution in [0.4, 0.5) is 0 Å². The predicted octanol–water partition coefficient (Wildman–Crippen LogP) is 1.72. The molecule has 1 aromatic rings. The summed E-state index contributed by atoms with van der Waals surface area (Å²) in [4.78, 5) is 17.1. The van der Waals surface area contributed by atoms with Crippen LogP contribution in [-0.2, 0) is 0 Å². The average molecular weight is 224 g/mol. The fraction of sp³-hybridized carbons (Fsp3) is 0.300. The van der Waals surface area contributed by atoms with E-state index in [1.807, 2.05) is 13.0 Å². The van der Waals surface area contributed by atoms with Crippen LogP contribution in [0.1, 0.15) is 17.4 Å². The quantitative estimate of drug-likeness (QED) is 0.734. The Hall–Kier alpha value is -1.60. The Balaban J connectivity index is 2.84. The molecule has 1 heterocycles. The van der Waals surface area contributed by atoms with Gasteiger partial charge >= 0.3 is 0 Å². The smallest absolute Gasteiger partial charge is 0.273 e. The minimum absolute atomic E-state index is 0.0691.